The number of benzene rings is 2. The number of carbonyl (C=O) groups excluding carboxylic acids is 4. The molecule has 2 aromatic carbocycles. The lowest BCUT2D eigenvalue weighted by Crippen LogP contribution is -2.28. The van der Waals surface area contributed by atoms with Gasteiger partial charge < -0.3 is 4.74 Å². The summed E-state index contributed by atoms with van der Waals surface area (Å²) in [7, 11) is -3.56. The second kappa shape index (κ2) is 9.86. The lowest BCUT2D eigenvalue weighted by molar-refractivity contribution is -0.139. The Kier molecular flexibility index (Phi) is 6.90. The van der Waals surface area contributed by atoms with E-state index in [1.165, 1.54) is 45.6 Å². The SMILES string of the molecule is O=C(COC(=O)c1ccc(CN2C(=O)CCC2=O)cc1)c1ccc(S(=O)(=O)N2CCCC2)cc1. The minimum absolute atomic E-state index is 0.125. The van der Waals surface area contributed by atoms with Gasteiger partial charge in [-0.3, -0.25) is 19.3 Å². The predicted molar refractivity (Wildman–Crippen MR) is 120 cm³/mol. The van der Waals surface area contributed by atoms with Crippen molar-refractivity contribution < 1.29 is 32.3 Å². The van der Waals surface area contributed by atoms with Crippen LogP contribution in [-0.4, -0.2) is 60.9 Å². The molecule has 2 saturated heterocycles. The van der Waals surface area contributed by atoms with Crippen molar-refractivity contribution in [3.8, 4) is 0 Å². The Morgan fingerprint density at radius 3 is 1.97 bits per heavy atom. The summed E-state index contributed by atoms with van der Waals surface area (Å²) in [4.78, 5) is 49.5. The van der Waals surface area contributed by atoms with E-state index in [1.54, 1.807) is 12.1 Å². The molecular formula is C24H24N2O7S. The molecule has 178 valence electrons. The fourth-order valence-electron chi connectivity index (χ4n) is 3.92. The molecular weight excluding hydrogens is 460 g/mol. The van der Waals surface area contributed by atoms with Crippen molar-refractivity contribution in [3.63, 3.8) is 0 Å². The molecule has 34 heavy (non-hydrogen) atoms. The van der Waals surface area contributed by atoms with Crippen molar-refractivity contribution in [2.45, 2.75) is 37.1 Å². The highest BCUT2D eigenvalue weighted by atomic mass is 32.2. The maximum atomic E-state index is 12.6. The summed E-state index contributed by atoms with van der Waals surface area (Å²) in [5, 5.41) is 0. The molecule has 0 aliphatic carbocycles. The summed E-state index contributed by atoms with van der Waals surface area (Å²) in [6, 6.07) is 11.8. The number of hydrogen-bond acceptors (Lipinski definition) is 7. The van der Waals surface area contributed by atoms with Gasteiger partial charge in [-0.25, -0.2) is 13.2 Å². The van der Waals surface area contributed by atoms with Crippen LogP contribution in [-0.2, 0) is 30.9 Å². The number of ketones is 1. The normalized spacial score (nSPS) is 16.8. The van der Waals surface area contributed by atoms with E-state index >= 15 is 0 Å². The third kappa shape index (κ3) is 5.07. The number of nitrogens with zero attached hydrogens (tertiary/aromatic N) is 2. The van der Waals surface area contributed by atoms with Gasteiger partial charge in [0.05, 0.1) is 17.0 Å². The fraction of sp³-hybridized carbons (Fsp3) is 0.333. The van der Waals surface area contributed by atoms with Crippen molar-refractivity contribution in [2.24, 2.45) is 0 Å². The number of likely N-dealkylation sites (tertiary alicyclic amines) is 1. The summed E-state index contributed by atoms with van der Waals surface area (Å²) in [5.41, 5.74) is 1.16. The molecule has 0 radical (unpaired) electrons. The van der Waals surface area contributed by atoms with E-state index in [2.05, 4.69) is 0 Å². The number of esters is 1. The summed E-state index contributed by atoms with van der Waals surface area (Å²) < 4.78 is 31.7. The van der Waals surface area contributed by atoms with Crippen LogP contribution in [0.2, 0.25) is 0 Å². The second-order valence-corrected chi connectivity index (χ2v) is 10.1. The van der Waals surface area contributed by atoms with Crippen molar-refractivity contribution >= 4 is 33.6 Å². The van der Waals surface area contributed by atoms with Gasteiger partial charge in [0.1, 0.15) is 0 Å². The molecule has 0 N–H and O–H groups in total. The van der Waals surface area contributed by atoms with Gasteiger partial charge in [0.2, 0.25) is 21.8 Å². The van der Waals surface area contributed by atoms with Gasteiger partial charge in [-0.1, -0.05) is 12.1 Å². The number of carbonyl (C=O) groups is 4. The fourth-order valence-corrected chi connectivity index (χ4v) is 5.43. The highest BCUT2D eigenvalue weighted by Crippen LogP contribution is 2.21. The van der Waals surface area contributed by atoms with Crippen LogP contribution in [0.3, 0.4) is 0 Å². The molecule has 4 rings (SSSR count). The molecule has 0 aromatic heterocycles. The van der Waals surface area contributed by atoms with E-state index in [-0.39, 0.29) is 47.2 Å². The Morgan fingerprint density at radius 1 is 0.824 bits per heavy atom. The molecule has 0 spiro atoms. The molecule has 2 aliphatic heterocycles. The summed E-state index contributed by atoms with van der Waals surface area (Å²) in [5.74, 6) is -1.58. The smallest absolute Gasteiger partial charge is 0.338 e. The molecule has 2 heterocycles. The average molecular weight is 485 g/mol. The van der Waals surface area contributed by atoms with Crippen LogP contribution in [0, 0.1) is 0 Å². The largest absolute Gasteiger partial charge is 0.454 e. The Hall–Kier alpha value is -3.37. The van der Waals surface area contributed by atoms with Crippen LogP contribution in [0.15, 0.2) is 53.4 Å². The van der Waals surface area contributed by atoms with Crippen LogP contribution in [0.4, 0.5) is 0 Å². The zero-order valence-electron chi connectivity index (χ0n) is 18.4. The zero-order valence-corrected chi connectivity index (χ0v) is 19.3. The second-order valence-electron chi connectivity index (χ2n) is 8.21. The Labute approximate surface area is 197 Å². The van der Waals surface area contributed by atoms with Crippen molar-refractivity contribution in [1.29, 1.82) is 0 Å². The highest BCUT2D eigenvalue weighted by molar-refractivity contribution is 7.89. The number of Topliss-reactive ketones (excluding diaryl/α,β-unsaturated/α-hetero) is 1. The van der Waals surface area contributed by atoms with Crippen LogP contribution in [0.5, 0.6) is 0 Å². The van der Waals surface area contributed by atoms with Gasteiger partial charge in [0.15, 0.2) is 12.4 Å². The van der Waals surface area contributed by atoms with Crippen LogP contribution in [0.25, 0.3) is 0 Å². The first-order valence-corrected chi connectivity index (χ1v) is 12.4. The summed E-state index contributed by atoms with van der Waals surface area (Å²) in [6.45, 7) is 0.646. The molecule has 2 aliphatic rings. The molecule has 0 unspecified atom stereocenters. The number of sulfonamides is 1. The average Bonchev–Trinajstić information content (AvgIpc) is 3.50. The molecule has 2 amide bonds. The third-order valence-corrected chi connectivity index (χ3v) is 7.81. The maximum Gasteiger partial charge on any atom is 0.338 e. The van der Waals surface area contributed by atoms with E-state index < -0.39 is 28.4 Å². The summed E-state index contributed by atoms with van der Waals surface area (Å²) in [6.07, 6.45) is 2.10. The molecule has 0 bridgehead atoms. The van der Waals surface area contributed by atoms with Crippen molar-refractivity contribution in [2.75, 3.05) is 19.7 Å². The number of ether oxygens (including phenoxy) is 1. The molecule has 10 heteroatoms. The number of hydrogen-bond donors (Lipinski definition) is 0. The van der Waals surface area contributed by atoms with Crippen LogP contribution >= 0.6 is 0 Å². The molecule has 0 saturated carbocycles. The van der Waals surface area contributed by atoms with Gasteiger partial charge in [-0.15, -0.1) is 0 Å². The monoisotopic (exact) mass is 484 g/mol. The topological polar surface area (TPSA) is 118 Å². The quantitative estimate of drug-likeness (QED) is 0.320. The zero-order chi connectivity index (χ0) is 24.3. The van der Waals surface area contributed by atoms with Gasteiger partial charge in [-0.2, -0.15) is 4.31 Å². The number of rotatable bonds is 8. The maximum absolute atomic E-state index is 12.6. The minimum atomic E-state index is -3.56. The first-order valence-electron chi connectivity index (χ1n) is 11.0. The van der Waals surface area contributed by atoms with Gasteiger partial charge in [0, 0.05) is 31.5 Å². The van der Waals surface area contributed by atoms with E-state index in [9.17, 15) is 27.6 Å². The lowest BCUT2D eigenvalue weighted by atomic mass is 10.1. The van der Waals surface area contributed by atoms with E-state index in [0.29, 0.717) is 18.7 Å². The first kappa shape index (κ1) is 23.8. The van der Waals surface area contributed by atoms with Crippen LogP contribution in [0.1, 0.15) is 52.0 Å². The standard InChI is InChI=1S/C24H24N2O7S/c27-21(18-7-9-20(10-8-18)34(31,32)25-13-1-2-14-25)16-33-24(30)19-5-3-17(4-6-19)15-26-22(28)11-12-23(26)29/h3-10H,1-2,11-16H2. The third-order valence-electron chi connectivity index (χ3n) is 5.90. The van der Waals surface area contributed by atoms with Crippen LogP contribution < -0.4 is 0 Å². The predicted octanol–water partition coefficient (Wildman–Crippen LogP) is 2.16. The minimum Gasteiger partial charge on any atom is -0.454 e. The van der Waals surface area contributed by atoms with E-state index in [0.717, 1.165) is 12.8 Å². The first-order chi connectivity index (χ1) is 16.3. The Bertz CT molecular complexity index is 1200. The lowest BCUT2D eigenvalue weighted by Gasteiger charge is -2.15. The van der Waals surface area contributed by atoms with Gasteiger partial charge in [0.25, 0.3) is 0 Å². The molecule has 9 nitrogen and oxygen atoms in total. The molecule has 2 fully saturated rings. The Morgan fingerprint density at radius 2 is 1.38 bits per heavy atom. The summed E-state index contributed by atoms with van der Waals surface area (Å²) >= 11 is 0. The van der Waals surface area contributed by atoms with Gasteiger partial charge in [-0.05, 0) is 54.8 Å². The molecule has 0 atom stereocenters. The van der Waals surface area contributed by atoms with Gasteiger partial charge >= 0.3 is 5.97 Å². The molecule has 2 aromatic rings. The van der Waals surface area contributed by atoms with Crippen molar-refractivity contribution in [1.82, 2.24) is 9.21 Å². The number of imide groups is 1. The Balaban J connectivity index is 1.31. The van der Waals surface area contributed by atoms with E-state index in [1.807, 2.05) is 0 Å². The van der Waals surface area contributed by atoms with Crippen molar-refractivity contribution in [3.05, 3.63) is 65.2 Å². The highest BCUT2D eigenvalue weighted by Gasteiger charge is 2.29. The van der Waals surface area contributed by atoms with E-state index in [4.69, 9.17) is 4.74 Å². The number of amides is 2.